The van der Waals surface area contributed by atoms with Crippen molar-refractivity contribution in [1.29, 1.82) is 0 Å². The number of rotatable bonds is 4. The molecule has 10 nitrogen and oxygen atoms in total. The fourth-order valence-electron chi connectivity index (χ4n) is 4.21. The Hall–Kier alpha value is -3.17. The molecule has 2 aliphatic heterocycles. The minimum atomic E-state index is -0.777. The number of nitrogens with zero attached hydrogens (tertiary/aromatic N) is 2. The van der Waals surface area contributed by atoms with Crippen LogP contribution in [0.5, 0.6) is 11.5 Å². The van der Waals surface area contributed by atoms with Crippen molar-refractivity contribution >= 4 is 18.2 Å². The summed E-state index contributed by atoms with van der Waals surface area (Å²) in [6.07, 6.45) is -0.712. The van der Waals surface area contributed by atoms with Crippen molar-refractivity contribution < 1.29 is 38.1 Å². The molecule has 10 heteroatoms. The highest BCUT2D eigenvalue weighted by molar-refractivity contribution is 5.77. The van der Waals surface area contributed by atoms with Crippen LogP contribution in [0.1, 0.15) is 53.5 Å². The lowest BCUT2D eigenvalue weighted by Crippen LogP contribution is -2.57. The van der Waals surface area contributed by atoms with Crippen molar-refractivity contribution in [2.45, 2.75) is 71.8 Å². The summed E-state index contributed by atoms with van der Waals surface area (Å²) in [6, 6.07) is 4.93. The largest absolute Gasteiger partial charge is 0.486 e. The van der Waals surface area contributed by atoms with Crippen LogP contribution in [-0.2, 0) is 25.5 Å². The lowest BCUT2D eigenvalue weighted by atomic mass is 9.90. The number of benzene rings is 1. The normalized spacial score (nSPS) is 19.8. The number of methoxy groups -OCH3 is 1. The molecule has 0 radical (unpaired) electrons. The van der Waals surface area contributed by atoms with E-state index in [4.69, 9.17) is 23.7 Å². The Balaban J connectivity index is 1.89. The third kappa shape index (κ3) is 7.18. The molecule has 0 aliphatic carbocycles. The molecule has 0 N–H and O–H groups in total. The molecule has 2 atom stereocenters. The lowest BCUT2D eigenvalue weighted by Gasteiger charge is -2.42. The zero-order valence-electron chi connectivity index (χ0n) is 22.3. The van der Waals surface area contributed by atoms with Crippen molar-refractivity contribution in [3.8, 4) is 11.5 Å². The Morgan fingerprint density at radius 3 is 2.25 bits per heavy atom. The standard InChI is InChI=1S/C26H38N2O8/c1-25(2,3)35-23(30)27-11-10-19(18(16-27)22(29)32-7)28(24(31)36-26(4,5)6)15-17-8-9-20-21(14-17)34-13-12-33-20/h8-9,14,18-19H,10-13,15-16H2,1-7H3. The molecular weight excluding hydrogens is 468 g/mol. The summed E-state index contributed by atoms with van der Waals surface area (Å²) < 4.78 is 27.6. The molecule has 0 bridgehead atoms. The fraction of sp³-hybridized carbons (Fsp3) is 0.654. The van der Waals surface area contributed by atoms with Crippen LogP contribution in [0.2, 0.25) is 0 Å². The SMILES string of the molecule is COC(=O)C1CN(C(=O)OC(C)(C)C)CCC1N(Cc1ccc2c(c1)OCCO2)C(=O)OC(C)(C)C. The summed E-state index contributed by atoms with van der Waals surface area (Å²) in [4.78, 5) is 42.0. The Morgan fingerprint density at radius 2 is 1.64 bits per heavy atom. The zero-order valence-corrected chi connectivity index (χ0v) is 22.3. The van der Waals surface area contributed by atoms with E-state index >= 15 is 0 Å². The van der Waals surface area contributed by atoms with Crippen LogP contribution in [0.15, 0.2) is 18.2 Å². The smallest absolute Gasteiger partial charge is 0.410 e. The quantitative estimate of drug-likeness (QED) is 0.446. The van der Waals surface area contributed by atoms with Crippen LogP contribution in [0.3, 0.4) is 0 Å². The van der Waals surface area contributed by atoms with Gasteiger partial charge in [0.2, 0.25) is 0 Å². The van der Waals surface area contributed by atoms with Crippen molar-refractivity contribution in [2.24, 2.45) is 5.92 Å². The Bertz CT molecular complexity index is 966. The van der Waals surface area contributed by atoms with Gasteiger partial charge in [-0.1, -0.05) is 6.07 Å². The van der Waals surface area contributed by atoms with Crippen LogP contribution < -0.4 is 9.47 Å². The molecule has 2 unspecified atom stereocenters. The van der Waals surface area contributed by atoms with Crippen LogP contribution in [0, 0.1) is 5.92 Å². The predicted octanol–water partition coefficient (Wildman–Crippen LogP) is 3.99. The average Bonchev–Trinajstić information content (AvgIpc) is 2.79. The molecule has 1 aromatic rings. The van der Waals surface area contributed by atoms with Gasteiger partial charge in [-0.25, -0.2) is 9.59 Å². The maximum Gasteiger partial charge on any atom is 0.410 e. The van der Waals surface area contributed by atoms with E-state index in [0.29, 0.717) is 37.7 Å². The van der Waals surface area contributed by atoms with Gasteiger partial charge >= 0.3 is 18.2 Å². The van der Waals surface area contributed by atoms with Crippen LogP contribution in [0.4, 0.5) is 9.59 Å². The molecule has 1 saturated heterocycles. The van der Waals surface area contributed by atoms with Crippen molar-refractivity contribution in [3.63, 3.8) is 0 Å². The second kappa shape index (κ2) is 10.8. The van der Waals surface area contributed by atoms with Crippen molar-refractivity contribution in [1.82, 2.24) is 9.80 Å². The average molecular weight is 507 g/mol. The highest BCUT2D eigenvalue weighted by Crippen LogP contribution is 2.33. The van der Waals surface area contributed by atoms with E-state index in [0.717, 1.165) is 5.56 Å². The van der Waals surface area contributed by atoms with Gasteiger partial charge in [-0.05, 0) is 65.7 Å². The van der Waals surface area contributed by atoms with Crippen LogP contribution >= 0.6 is 0 Å². The molecule has 0 spiro atoms. The molecule has 0 aromatic heterocycles. The second-order valence-electron chi connectivity index (χ2n) is 11.0. The van der Waals surface area contributed by atoms with Gasteiger partial charge in [0.05, 0.1) is 19.1 Å². The Kier molecular flexibility index (Phi) is 8.26. The highest BCUT2D eigenvalue weighted by Gasteiger charge is 2.43. The number of fused-ring (bicyclic) bond motifs is 1. The number of carbonyl (C=O) groups is 3. The van der Waals surface area contributed by atoms with E-state index in [-0.39, 0.29) is 13.1 Å². The molecule has 36 heavy (non-hydrogen) atoms. The van der Waals surface area contributed by atoms with Gasteiger partial charge in [-0.3, -0.25) is 9.69 Å². The third-order valence-corrected chi connectivity index (χ3v) is 5.72. The molecule has 0 saturated carbocycles. The van der Waals surface area contributed by atoms with Gasteiger partial charge < -0.3 is 28.6 Å². The number of ether oxygens (including phenoxy) is 5. The number of hydrogen-bond donors (Lipinski definition) is 0. The van der Waals surface area contributed by atoms with Gasteiger partial charge in [0, 0.05) is 19.6 Å². The number of likely N-dealkylation sites (tertiary alicyclic amines) is 1. The predicted molar refractivity (Wildman–Crippen MR) is 131 cm³/mol. The molecule has 1 fully saturated rings. The minimum Gasteiger partial charge on any atom is -0.486 e. The summed E-state index contributed by atoms with van der Waals surface area (Å²) in [5.41, 5.74) is -0.612. The topological polar surface area (TPSA) is 104 Å². The highest BCUT2D eigenvalue weighted by atomic mass is 16.6. The van der Waals surface area contributed by atoms with Gasteiger partial charge in [-0.15, -0.1) is 0 Å². The fourth-order valence-corrected chi connectivity index (χ4v) is 4.21. The Labute approximate surface area is 212 Å². The molecule has 1 aromatic carbocycles. The van der Waals surface area contributed by atoms with Crippen molar-refractivity contribution in [3.05, 3.63) is 23.8 Å². The van der Waals surface area contributed by atoms with Crippen LogP contribution in [-0.4, -0.2) is 78.6 Å². The van der Waals surface area contributed by atoms with Crippen LogP contribution in [0.25, 0.3) is 0 Å². The summed E-state index contributed by atoms with van der Waals surface area (Å²) >= 11 is 0. The van der Waals surface area contributed by atoms with E-state index in [9.17, 15) is 14.4 Å². The first-order valence-corrected chi connectivity index (χ1v) is 12.2. The van der Waals surface area contributed by atoms with Crippen molar-refractivity contribution in [2.75, 3.05) is 33.4 Å². The van der Waals surface area contributed by atoms with E-state index in [1.807, 2.05) is 12.1 Å². The first kappa shape index (κ1) is 27.4. The summed E-state index contributed by atoms with van der Waals surface area (Å²) in [5, 5.41) is 0. The summed E-state index contributed by atoms with van der Waals surface area (Å²) in [5.74, 6) is -0.0379. The monoisotopic (exact) mass is 506 g/mol. The first-order valence-electron chi connectivity index (χ1n) is 12.2. The molecule has 200 valence electrons. The van der Waals surface area contributed by atoms with Gasteiger partial charge in [0.15, 0.2) is 11.5 Å². The number of amides is 2. The molecule has 3 rings (SSSR count). The van der Waals surface area contributed by atoms with Gasteiger partial charge in [0.25, 0.3) is 0 Å². The lowest BCUT2D eigenvalue weighted by molar-refractivity contribution is -0.150. The van der Waals surface area contributed by atoms with Gasteiger partial charge in [-0.2, -0.15) is 0 Å². The molecule has 2 amide bonds. The first-order chi connectivity index (χ1) is 16.8. The molecule has 2 aliphatic rings. The minimum absolute atomic E-state index is 0.0622. The van der Waals surface area contributed by atoms with E-state index in [2.05, 4.69) is 0 Å². The van der Waals surface area contributed by atoms with E-state index in [1.54, 1.807) is 52.5 Å². The summed E-state index contributed by atoms with van der Waals surface area (Å²) in [7, 11) is 1.30. The number of hydrogen-bond acceptors (Lipinski definition) is 8. The number of carbonyl (C=O) groups excluding carboxylic acids is 3. The maximum absolute atomic E-state index is 13.4. The van der Waals surface area contributed by atoms with E-state index < -0.39 is 41.3 Å². The maximum atomic E-state index is 13.4. The Morgan fingerprint density at radius 1 is 1.00 bits per heavy atom. The second-order valence-corrected chi connectivity index (χ2v) is 11.0. The number of esters is 1. The van der Waals surface area contributed by atoms with Gasteiger partial charge in [0.1, 0.15) is 24.4 Å². The summed E-state index contributed by atoms with van der Waals surface area (Å²) in [6.45, 7) is 12.2. The van der Waals surface area contributed by atoms with E-state index in [1.165, 1.54) is 12.0 Å². The number of piperidine rings is 1. The third-order valence-electron chi connectivity index (χ3n) is 5.72. The zero-order chi connectivity index (χ0) is 26.7. The molecule has 2 heterocycles. The molecular formula is C26H38N2O8.